The molecule has 0 saturated carbocycles. The zero-order valence-corrected chi connectivity index (χ0v) is 18.5. The van der Waals surface area contributed by atoms with Gasteiger partial charge in [-0.15, -0.1) is 0 Å². The van der Waals surface area contributed by atoms with Crippen LogP contribution in [-0.4, -0.2) is 11.8 Å². The molecule has 0 saturated heterocycles. The number of hydrogen-bond donors (Lipinski definition) is 3. The molecule has 0 atom stereocenters. The van der Waals surface area contributed by atoms with Crippen LogP contribution in [0.15, 0.2) is 91.1 Å². The lowest BCUT2D eigenvalue weighted by molar-refractivity contribution is -0.121. The maximum Gasteiger partial charge on any atom is 0.242 e. The number of benzene rings is 3. The molecular weight excluding hydrogens is 489 g/mol. The van der Waals surface area contributed by atoms with Gasteiger partial charge < -0.3 is 10.7 Å². The Kier molecular flexibility index (Phi) is 7.62. The molecule has 3 N–H and O–H groups in total. The number of nitrogens with one attached hydrogen (secondary N) is 3. The van der Waals surface area contributed by atoms with Gasteiger partial charge in [0.15, 0.2) is 0 Å². The second-order valence-corrected chi connectivity index (χ2v) is 8.00. The third-order valence-electron chi connectivity index (χ3n) is 4.29. The van der Waals surface area contributed by atoms with Gasteiger partial charge in [-0.05, 0) is 57.5 Å². The maximum absolute atomic E-state index is 12.2. The SMILES string of the molecule is C=C(CC(=O)Nc1cccc(I)c1)NNC(=O)Cc1ccc(-c2ccccc2)cc1. The number of halogens is 1. The van der Waals surface area contributed by atoms with Crippen molar-refractivity contribution in [2.75, 3.05) is 5.32 Å². The lowest BCUT2D eigenvalue weighted by Crippen LogP contribution is -2.38. The van der Waals surface area contributed by atoms with E-state index in [1.54, 1.807) is 0 Å². The number of rotatable bonds is 8. The summed E-state index contributed by atoms with van der Waals surface area (Å²) in [5.41, 5.74) is 9.57. The van der Waals surface area contributed by atoms with Crippen LogP contribution in [0.4, 0.5) is 5.69 Å². The average molecular weight is 511 g/mol. The van der Waals surface area contributed by atoms with Crippen LogP contribution in [0, 0.1) is 3.57 Å². The molecule has 0 heterocycles. The van der Waals surface area contributed by atoms with Crippen molar-refractivity contribution < 1.29 is 9.59 Å². The normalized spacial score (nSPS) is 10.2. The van der Waals surface area contributed by atoms with Crippen LogP contribution in [-0.2, 0) is 16.0 Å². The number of anilines is 1. The minimum Gasteiger partial charge on any atom is -0.326 e. The minimum absolute atomic E-state index is 0.0531. The fourth-order valence-electron chi connectivity index (χ4n) is 2.84. The molecule has 0 aromatic heterocycles. The number of amides is 2. The van der Waals surface area contributed by atoms with Crippen molar-refractivity contribution in [2.45, 2.75) is 12.8 Å². The van der Waals surface area contributed by atoms with Crippen LogP contribution in [0.25, 0.3) is 11.1 Å². The lowest BCUT2D eigenvalue weighted by Gasteiger charge is -2.12. The average Bonchev–Trinajstić information content (AvgIpc) is 2.73. The van der Waals surface area contributed by atoms with Gasteiger partial charge in [-0.1, -0.05) is 67.2 Å². The number of carbonyl (C=O) groups excluding carboxylic acids is 2. The van der Waals surface area contributed by atoms with Crippen molar-refractivity contribution in [2.24, 2.45) is 0 Å². The van der Waals surface area contributed by atoms with Crippen molar-refractivity contribution >= 4 is 40.1 Å². The Morgan fingerprint density at radius 2 is 1.50 bits per heavy atom. The first kappa shape index (κ1) is 21.6. The molecule has 0 unspecified atom stereocenters. The molecular formula is C24H22IN3O2. The number of carbonyl (C=O) groups is 2. The van der Waals surface area contributed by atoms with E-state index in [1.165, 1.54) is 0 Å². The molecule has 5 nitrogen and oxygen atoms in total. The quantitative estimate of drug-likeness (QED) is 0.304. The molecule has 0 aliphatic heterocycles. The largest absolute Gasteiger partial charge is 0.326 e. The van der Waals surface area contributed by atoms with Crippen LogP contribution >= 0.6 is 22.6 Å². The zero-order chi connectivity index (χ0) is 21.3. The van der Waals surface area contributed by atoms with Gasteiger partial charge >= 0.3 is 0 Å². The summed E-state index contributed by atoms with van der Waals surface area (Å²) in [6, 6.07) is 25.5. The highest BCUT2D eigenvalue weighted by atomic mass is 127. The van der Waals surface area contributed by atoms with E-state index in [1.807, 2.05) is 78.9 Å². The predicted molar refractivity (Wildman–Crippen MR) is 128 cm³/mol. The van der Waals surface area contributed by atoms with E-state index in [2.05, 4.69) is 45.3 Å². The summed E-state index contributed by atoms with van der Waals surface area (Å²) in [5, 5.41) is 2.80. The molecule has 30 heavy (non-hydrogen) atoms. The van der Waals surface area contributed by atoms with Crippen molar-refractivity contribution in [3.05, 3.63) is 100 Å². The maximum atomic E-state index is 12.2. The molecule has 2 amide bonds. The Hall–Kier alpha value is -3.13. The molecule has 152 valence electrons. The van der Waals surface area contributed by atoms with E-state index in [9.17, 15) is 9.59 Å². The Balaban J connectivity index is 1.42. The first-order valence-corrected chi connectivity index (χ1v) is 10.5. The molecule has 0 fully saturated rings. The highest BCUT2D eigenvalue weighted by molar-refractivity contribution is 14.1. The molecule has 3 rings (SSSR count). The minimum atomic E-state index is -0.208. The number of hydrazine groups is 1. The van der Waals surface area contributed by atoms with Crippen LogP contribution in [0.1, 0.15) is 12.0 Å². The molecule has 0 aliphatic rings. The first-order chi connectivity index (χ1) is 14.5. The predicted octanol–water partition coefficient (Wildman–Crippen LogP) is 4.66. The van der Waals surface area contributed by atoms with E-state index in [0.717, 1.165) is 25.9 Å². The van der Waals surface area contributed by atoms with Gasteiger partial charge in [0.2, 0.25) is 11.8 Å². The third kappa shape index (κ3) is 6.73. The van der Waals surface area contributed by atoms with Gasteiger partial charge in [0.05, 0.1) is 12.8 Å². The van der Waals surface area contributed by atoms with Gasteiger partial charge in [0.1, 0.15) is 0 Å². The van der Waals surface area contributed by atoms with Gasteiger partial charge in [0, 0.05) is 15.0 Å². The summed E-state index contributed by atoms with van der Waals surface area (Å²) in [6.45, 7) is 3.79. The molecule has 0 aliphatic carbocycles. The Morgan fingerprint density at radius 3 is 2.20 bits per heavy atom. The summed E-state index contributed by atoms with van der Waals surface area (Å²) in [6.07, 6.45) is 0.279. The highest BCUT2D eigenvalue weighted by Gasteiger charge is 2.08. The Bertz CT molecular complexity index is 1030. The van der Waals surface area contributed by atoms with Crippen LogP contribution in [0.2, 0.25) is 0 Å². The molecule has 0 spiro atoms. The smallest absolute Gasteiger partial charge is 0.242 e. The lowest BCUT2D eigenvalue weighted by atomic mass is 10.0. The summed E-state index contributed by atoms with van der Waals surface area (Å²) in [4.78, 5) is 24.3. The van der Waals surface area contributed by atoms with Crippen LogP contribution < -0.4 is 16.2 Å². The topological polar surface area (TPSA) is 70.2 Å². The van der Waals surface area contributed by atoms with E-state index in [4.69, 9.17) is 0 Å². The Labute approximate surface area is 189 Å². The molecule has 6 heteroatoms. The summed E-state index contributed by atoms with van der Waals surface area (Å²) in [5.74, 6) is -0.415. The fourth-order valence-corrected chi connectivity index (χ4v) is 3.39. The highest BCUT2D eigenvalue weighted by Crippen LogP contribution is 2.19. The van der Waals surface area contributed by atoms with Crippen LogP contribution in [0.5, 0.6) is 0 Å². The van der Waals surface area contributed by atoms with Crippen molar-refractivity contribution in [3.8, 4) is 11.1 Å². The molecule has 3 aromatic rings. The molecule has 3 aromatic carbocycles. The first-order valence-electron chi connectivity index (χ1n) is 9.42. The van der Waals surface area contributed by atoms with E-state index in [-0.39, 0.29) is 24.7 Å². The molecule has 0 radical (unpaired) electrons. The fraction of sp³-hybridized carbons (Fsp3) is 0.0833. The summed E-state index contributed by atoms with van der Waals surface area (Å²) < 4.78 is 1.03. The van der Waals surface area contributed by atoms with Crippen molar-refractivity contribution in [3.63, 3.8) is 0 Å². The number of hydrogen-bond acceptors (Lipinski definition) is 3. The second kappa shape index (κ2) is 10.6. The zero-order valence-electron chi connectivity index (χ0n) is 16.3. The van der Waals surface area contributed by atoms with Gasteiger partial charge in [-0.2, -0.15) is 0 Å². The van der Waals surface area contributed by atoms with Gasteiger partial charge in [-0.25, -0.2) is 0 Å². The summed E-state index contributed by atoms with van der Waals surface area (Å²) in [7, 11) is 0. The third-order valence-corrected chi connectivity index (χ3v) is 4.96. The van der Waals surface area contributed by atoms with Gasteiger partial charge in [-0.3, -0.25) is 15.0 Å². The van der Waals surface area contributed by atoms with E-state index >= 15 is 0 Å². The van der Waals surface area contributed by atoms with Gasteiger partial charge in [0.25, 0.3) is 0 Å². The summed E-state index contributed by atoms with van der Waals surface area (Å²) >= 11 is 2.18. The standard InChI is InChI=1S/C24H22IN3O2/c1-17(14-23(29)26-22-9-5-8-21(25)16-22)27-28-24(30)15-18-10-12-20(13-11-18)19-6-3-2-4-7-19/h2-13,16,27H,1,14-15H2,(H,26,29)(H,28,30). The van der Waals surface area contributed by atoms with Crippen molar-refractivity contribution in [1.82, 2.24) is 10.9 Å². The van der Waals surface area contributed by atoms with Crippen molar-refractivity contribution in [1.29, 1.82) is 0 Å². The monoisotopic (exact) mass is 511 g/mol. The van der Waals surface area contributed by atoms with E-state index < -0.39 is 0 Å². The molecule has 0 bridgehead atoms. The Morgan fingerprint density at radius 1 is 0.800 bits per heavy atom. The second-order valence-electron chi connectivity index (χ2n) is 6.75. The van der Waals surface area contributed by atoms with E-state index in [0.29, 0.717) is 5.70 Å². The van der Waals surface area contributed by atoms with Crippen LogP contribution in [0.3, 0.4) is 0 Å².